The molecule has 0 aliphatic heterocycles. The second-order valence-electron chi connectivity index (χ2n) is 5.28. The summed E-state index contributed by atoms with van der Waals surface area (Å²) < 4.78 is 0. The van der Waals surface area contributed by atoms with Crippen LogP contribution in [0.25, 0.3) is 0 Å². The molecule has 2 nitrogen and oxygen atoms in total. The molecule has 1 aliphatic rings. The number of anilines is 1. The van der Waals surface area contributed by atoms with E-state index in [-0.39, 0.29) is 0 Å². The molecule has 2 N–H and O–H groups in total. The van der Waals surface area contributed by atoms with Gasteiger partial charge in [-0.3, -0.25) is 0 Å². The molecule has 0 spiro atoms. The fourth-order valence-electron chi connectivity index (χ4n) is 2.68. The number of hydrogen-bond acceptors (Lipinski definition) is 2. The summed E-state index contributed by atoms with van der Waals surface area (Å²) in [5.74, 6) is 0. The zero-order chi connectivity index (χ0) is 12.3. The van der Waals surface area contributed by atoms with E-state index in [4.69, 9.17) is 0 Å². The van der Waals surface area contributed by atoms with E-state index < -0.39 is 5.60 Å². The molecule has 2 rings (SSSR count). The lowest BCUT2D eigenvalue weighted by atomic mass is 10.0. The maximum Gasteiger partial charge on any atom is 0.0819 e. The Labute approximate surface area is 104 Å². The number of benzene rings is 1. The van der Waals surface area contributed by atoms with E-state index in [0.717, 1.165) is 37.8 Å². The molecule has 0 amide bonds. The molecule has 1 aliphatic carbocycles. The third kappa shape index (κ3) is 3.01. The molecule has 1 saturated carbocycles. The van der Waals surface area contributed by atoms with Crippen molar-refractivity contribution in [3.05, 3.63) is 29.3 Å². The van der Waals surface area contributed by atoms with Crippen LogP contribution in [-0.2, 0) is 6.42 Å². The lowest BCUT2D eigenvalue weighted by Gasteiger charge is -2.23. The molecule has 0 radical (unpaired) electrons. The van der Waals surface area contributed by atoms with Gasteiger partial charge in [-0.05, 0) is 49.4 Å². The Morgan fingerprint density at radius 3 is 2.59 bits per heavy atom. The van der Waals surface area contributed by atoms with E-state index in [1.54, 1.807) is 0 Å². The lowest BCUT2D eigenvalue weighted by Crippen LogP contribution is -2.33. The summed E-state index contributed by atoms with van der Waals surface area (Å²) in [4.78, 5) is 0. The predicted octanol–water partition coefficient (Wildman–Crippen LogP) is 3.27. The monoisotopic (exact) mass is 233 g/mol. The third-order valence-corrected chi connectivity index (χ3v) is 3.88. The molecular weight excluding hydrogens is 210 g/mol. The topological polar surface area (TPSA) is 32.3 Å². The van der Waals surface area contributed by atoms with Crippen LogP contribution >= 0.6 is 0 Å². The van der Waals surface area contributed by atoms with Crippen molar-refractivity contribution in [2.24, 2.45) is 0 Å². The Hall–Kier alpha value is -1.02. The van der Waals surface area contributed by atoms with Crippen molar-refractivity contribution < 1.29 is 5.11 Å². The van der Waals surface area contributed by atoms with E-state index >= 15 is 0 Å². The molecule has 17 heavy (non-hydrogen) atoms. The van der Waals surface area contributed by atoms with Crippen LogP contribution in [0.1, 0.15) is 43.7 Å². The number of rotatable bonds is 4. The smallest absolute Gasteiger partial charge is 0.0819 e. The van der Waals surface area contributed by atoms with Crippen LogP contribution in [0.2, 0.25) is 0 Å². The van der Waals surface area contributed by atoms with Crippen LogP contribution in [0.5, 0.6) is 0 Å². The third-order valence-electron chi connectivity index (χ3n) is 3.88. The highest BCUT2D eigenvalue weighted by atomic mass is 16.3. The van der Waals surface area contributed by atoms with Crippen molar-refractivity contribution in [1.29, 1.82) is 0 Å². The number of aryl methyl sites for hydroxylation is 2. The van der Waals surface area contributed by atoms with Gasteiger partial charge < -0.3 is 10.4 Å². The van der Waals surface area contributed by atoms with Gasteiger partial charge in [0.1, 0.15) is 0 Å². The van der Waals surface area contributed by atoms with E-state index in [2.05, 4.69) is 37.4 Å². The highest BCUT2D eigenvalue weighted by Crippen LogP contribution is 2.29. The molecule has 2 heteroatoms. The van der Waals surface area contributed by atoms with Gasteiger partial charge in [0.2, 0.25) is 0 Å². The zero-order valence-corrected chi connectivity index (χ0v) is 10.9. The SMILES string of the molecule is CCc1ccc(NCC2(O)CCCC2)cc1C. The average molecular weight is 233 g/mol. The summed E-state index contributed by atoms with van der Waals surface area (Å²) in [5.41, 5.74) is 3.38. The highest BCUT2D eigenvalue weighted by molar-refractivity contribution is 5.48. The molecule has 1 aromatic rings. The Bertz CT molecular complexity index is 381. The lowest BCUT2D eigenvalue weighted by molar-refractivity contribution is 0.0615. The minimum absolute atomic E-state index is 0.475. The van der Waals surface area contributed by atoms with Gasteiger partial charge in [-0.2, -0.15) is 0 Å². The molecule has 1 fully saturated rings. The quantitative estimate of drug-likeness (QED) is 0.836. The maximum absolute atomic E-state index is 10.3. The van der Waals surface area contributed by atoms with Crippen molar-refractivity contribution in [2.75, 3.05) is 11.9 Å². The Balaban J connectivity index is 1.97. The summed E-state index contributed by atoms with van der Waals surface area (Å²) >= 11 is 0. The molecule has 0 heterocycles. The van der Waals surface area contributed by atoms with Gasteiger partial charge in [0.15, 0.2) is 0 Å². The second kappa shape index (κ2) is 5.09. The summed E-state index contributed by atoms with van der Waals surface area (Å²) in [5, 5.41) is 13.6. The number of nitrogens with one attached hydrogen (secondary N) is 1. The van der Waals surface area contributed by atoms with Gasteiger partial charge in [0.05, 0.1) is 5.60 Å². The molecular formula is C15H23NO. The predicted molar refractivity (Wildman–Crippen MR) is 72.5 cm³/mol. The second-order valence-corrected chi connectivity index (χ2v) is 5.28. The van der Waals surface area contributed by atoms with Crippen LogP contribution < -0.4 is 5.32 Å². The first-order chi connectivity index (χ1) is 8.13. The van der Waals surface area contributed by atoms with Crippen LogP contribution in [0, 0.1) is 6.92 Å². The van der Waals surface area contributed by atoms with Crippen LogP contribution in [0.4, 0.5) is 5.69 Å². The van der Waals surface area contributed by atoms with Crippen molar-refractivity contribution in [3.63, 3.8) is 0 Å². The fraction of sp³-hybridized carbons (Fsp3) is 0.600. The van der Waals surface area contributed by atoms with E-state index in [9.17, 15) is 5.11 Å². The summed E-state index contributed by atoms with van der Waals surface area (Å²) in [6.45, 7) is 5.00. The molecule has 0 atom stereocenters. The minimum atomic E-state index is -0.475. The fourth-order valence-corrected chi connectivity index (χ4v) is 2.68. The maximum atomic E-state index is 10.3. The first kappa shape index (κ1) is 12.4. The minimum Gasteiger partial charge on any atom is -0.388 e. The van der Waals surface area contributed by atoms with Crippen molar-refractivity contribution in [3.8, 4) is 0 Å². The van der Waals surface area contributed by atoms with Crippen LogP contribution in [0.3, 0.4) is 0 Å². The van der Waals surface area contributed by atoms with Crippen LogP contribution in [0.15, 0.2) is 18.2 Å². The first-order valence-corrected chi connectivity index (χ1v) is 6.69. The standard InChI is InChI=1S/C15H23NO/c1-3-13-6-7-14(10-12(13)2)16-11-15(17)8-4-5-9-15/h6-7,10,16-17H,3-5,8-9,11H2,1-2H3. The van der Waals surface area contributed by atoms with Crippen molar-refractivity contribution >= 4 is 5.69 Å². The van der Waals surface area contributed by atoms with E-state index in [0.29, 0.717) is 6.54 Å². The summed E-state index contributed by atoms with van der Waals surface area (Å²) in [6, 6.07) is 6.47. The van der Waals surface area contributed by atoms with E-state index in [1.807, 2.05) is 0 Å². The van der Waals surface area contributed by atoms with Crippen LogP contribution in [-0.4, -0.2) is 17.3 Å². The van der Waals surface area contributed by atoms with Crippen molar-refractivity contribution in [1.82, 2.24) is 0 Å². The van der Waals surface area contributed by atoms with Crippen molar-refractivity contribution in [2.45, 2.75) is 51.6 Å². The highest BCUT2D eigenvalue weighted by Gasteiger charge is 2.30. The molecule has 1 aromatic carbocycles. The summed E-state index contributed by atoms with van der Waals surface area (Å²) in [6.07, 6.45) is 5.27. The largest absolute Gasteiger partial charge is 0.388 e. The molecule has 0 bridgehead atoms. The summed E-state index contributed by atoms with van der Waals surface area (Å²) in [7, 11) is 0. The molecule has 0 saturated heterocycles. The normalized spacial score (nSPS) is 18.3. The van der Waals surface area contributed by atoms with Gasteiger partial charge >= 0.3 is 0 Å². The van der Waals surface area contributed by atoms with Gasteiger partial charge in [-0.25, -0.2) is 0 Å². The Morgan fingerprint density at radius 1 is 1.29 bits per heavy atom. The molecule has 0 unspecified atom stereocenters. The molecule has 94 valence electrons. The van der Waals surface area contributed by atoms with Gasteiger partial charge in [0, 0.05) is 12.2 Å². The van der Waals surface area contributed by atoms with Gasteiger partial charge in [0.25, 0.3) is 0 Å². The average Bonchev–Trinajstić information content (AvgIpc) is 2.74. The number of hydrogen-bond donors (Lipinski definition) is 2. The van der Waals surface area contributed by atoms with Gasteiger partial charge in [-0.1, -0.05) is 25.8 Å². The zero-order valence-electron chi connectivity index (χ0n) is 10.9. The molecule has 0 aromatic heterocycles. The Morgan fingerprint density at radius 2 is 2.00 bits per heavy atom. The first-order valence-electron chi connectivity index (χ1n) is 6.69. The van der Waals surface area contributed by atoms with E-state index in [1.165, 1.54) is 11.1 Å². The Kier molecular flexibility index (Phi) is 3.72. The van der Waals surface area contributed by atoms with Gasteiger partial charge in [-0.15, -0.1) is 0 Å². The number of aliphatic hydroxyl groups is 1.